The number of halogens is 2. The van der Waals surface area contributed by atoms with E-state index in [9.17, 15) is 14.3 Å². The fraction of sp³-hybridized carbons (Fsp3) is 0.300. The summed E-state index contributed by atoms with van der Waals surface area (Å²) in [5, 5.41) is 9.50. The maximum absolute atomic E-state index is 13.1. The van der Waals surface area contributed by atoms with Crippen LogP contribution >= 0.6 is 11.6 Å². The topological polar surface area (TPSA) is 63.3 Å². The first-order valence-corrected chi connectivity index (χ1v) is 4.71. The molecule has 1 aromatic rings. The molecule has 0 spiro atoms. The fourth-order valence-corrected chi connectivity index (χ4v) is 1.42. The number of phenolic OH excluding ortho intramolecular Hbond substituents is 1. The van der Waals surface area contributed by atoms with Crippen LogP contribution in [0.1, 0.15) is 22.8 Å². The van der Waals surface area contributed by atoms with E-state index in [4.69, 9.17) is 17.3 Å². The van der Waals surface area contributed by atoms with Crippen molar-refractivity contribution >= 4 is 17.4 Å². The second-order valence-electron chi connectivity index (χ2n) is 3.34. The van der Waals surface area contributed by atoms with E-state index in [0.29, 0.717) is 5.56 Å². The van der Waals surface area contributed by atoms with Crippen LogP contribution in [0.25, 0.3) is 0 Å². The maximum atomic E-state index is 13.1. The van der Waals surface area contributed by atoms with Gasteiger partial charge in [0.25, 0.3) is 0 Å². The van der Waals surface area contributed by atoms with Crippen molar-refractivity contribution in [3.8, 4) is 5.75 Å². The van der Waals surface area contributed by atoms with Crippen molar-refractivity contribution in [2.75, 3.05) is 0 Å². The number of carbonyl (C=O) groups is 1. The Hall–Kier alpha value is -1.13. The van der Waals surface area contributed by atoms with Crippen molar-refractivity contribution in [2.24, 2.45) is 5.73 Å². The molecule has 0 radical (unpaired) electrons. The van der Waals surface area contributed by atoms with E-state index in [2.05, 4.69) is 0 Å². The quantitative estimate of drug-likeness (QED) is 0.766. The molecule has 0 saturated carbocycles. The third-order valence-corrected chi connectivity index (χ3v) is 2.50. The van der Waals surface area contributed by atoms with Crippen molar-refractivity contribution in [3.63, 3.8) is 0 Å². The Morgan fingerprint density at radius 1 is 1.67 bits per heavy atom. The lowest BCUT2D eigenvalue weighted by Crippen LogP contribution is -2.27. The standard InChI is InChI=1S/C10H11ClFNO2/c1-4-6(11)3-7(12)10(15)8(4)9(14)5(2)13/h3,5,15H,13H2,1-2H3. The van der Waals surface area contributed by atoms with Gasteiger partial charge in [-0.15, -0.1) is 0 Å². The molecule has 3 nitrogen and oxygen atoms in total. The zero-order valence-electron chi connectivity index (χ0n) is 8.34. The van der Waals surface area contributed by atoms with Gasteiger partial charge in [-0.25, -0.2) is 4.39 Å². The van der Waals surface area contributed by atoms with E-state index >= 15 is 0 Å². The molecular weight excluding hydrogens is 221 g/mol. The van der Waals surface area contributed by atoms with E-state index < -0.39 is 23.4 Å². The SMILES string of the molecule is Cc1c(Cl)cc(F)c(O)c1C(=O)C(C)N. The Kier molecular flexibility index (Phi) is 3.31. The summed E-state index contributed by atoms with van der Waals surface area (Å²) in [5.41, 5.74) is 5.57. The molecule has 0 aliphatic heterocycles. The molecule has 0 saturated heterocycles. The van der Waals surface area contributed by atoms with Crippen LogP contribution < -0.4 is 5.73 Å². The number of aromatic hydroxyl groups is 1. The summed E-state index contributed by atoms with van der Waals surface area (Å²) in [6.07, 6.45) is 0. The summed E-state index contributed by atoms with van der Waals surface area (Å²) < 4.78 is 13.1. The molecular formula is C10H11ClFNO2. The summed E-state index contributed by atoms with van der Waals surface area (Å²) in [7, 11) is 0. The summed E-state index contributed by atoms with van der Waals surface area (Å²) in [6.45, 7) is 2.98. The lowest BCUT2D eigenvalue weighted by molar-refractivity contribution is 0.0964. The second-order valence-corrected chi connectivity index (χ2v) is 3.75. The van der Waals surface area contributed by atoms with Gasteiger partial charge in [0.1, 0.15) is 0 Å². The predicted molar refractivity (Wildman–Crippen MR) is 55.8 cm³/mol. The Labute approximate surface area is 91.7 Å². The third kappa shape index (κ3) is 2.11. The number of ketones is 1. The van der Waals surface area contributed by atoms with E-state index in [-0.39, 0.29) is 10.6 Å². The predicted octanol–water partition coefficient (Wildman–Crippen LogP) is 2.02. The molecule has 0 fully saturated rings. The molecule has 1 aromatic carbocycles. The average Bonchev–Trinajstić information content (AvgIpc) is 2.15. The Morgan fingerprint density at radius 3 is 2.67 bits per heavy atom. The van der Waals surface area contributed by atoms with E-state index in [1.165, 1.54) is 13.8 Å². The first kappa shape index (κ1) is 11.9. The van der Waals surface area contributed by atoms with Gasteiger partial charge in [0, 0.05) is 5.02 Å². The minimum atomic E-state index is -0.922. The van der Waals surface area contributed by atoms with Gasteiger partial charge in [0.2, 0.25) is 0 Å². The lowest BCUT2D eigenvalue weighted by atomic mass is 9.99. The minimum Gasteiger partial charge on any atom is -0.504 e. The normalized spacial score (nSPS) is 12.6. The highest BCUT2D eigenvalue weighted by Gasteiger charge is 2.22. The molecule has 15 heavy (non-hydrogen) atoms. The molecule has 0 amide bonds. The van der Waals surface area contributed by atoms with Gasteiger partial charge in [-0.05, 0) is 25.5 Å². The van der Waals surface area contributed by atoms with Crippen LogP contribution in [0.2, 0.25) is 5.02 Å². The van der Waals surface area contributed by atoms with Crippen LogP contribution in [0.15, 0.2) is 6.07 Å². The van der Waals surface area contributed by atoms with Crippen molar-refractivity contribution in [3.05, 3.63) is 28.0 Å². The van der Waals surface area contributed by atoms with Crippen LogP contribution in [0.3, 0.4) is 0 Å². The third-order valence-electron chi connectivity index (χ3n) is 2.11. The largest absolute Gasteiger partial charge is 0.504 e. The maximum Gasteiger partial charge on any atom is 0.183 e. The number of phenols is 1. The minimum absolute atomic E-state index is 0.0919. The Morgan fingerprint density at radius 2 is 2.20 bits per heavy atom. The van der Waals surface area contributed by atoms with Crippen LogP contribution in [0.4, 0.5) is 4.39 Å². The molecule has 0 heterocycles. The summed E-state index contributed by atoms with van der Waals surface area (Å²) in [5.74, 6) is -2.15. The zero-order valence-corrected chi connectivity index (χ0v) is 9.10. The molecule has 1 atom stereocenters. The second kappa shape index (κ2) is 4.16. The molecule has 0 aromatic heterocycles. The highest BCUT2D eigenvalue weighted by Crippen LogP contribution is 2.31. The number of rotatable bonds is 2. The number of Topliss-reactive ketones (excluding diaryl/α,β-unsaturated/α-hetero) is 1. The number of hydrogen-bond donors (Lipinski definition) is 2. The van der Waals surface area contributed by atoms with Gasteiger partial charge in [-0.3, -0.25) is 4.79 Å². The van der Waals surface area contributed by atoms with Gasteiger partial charge in [-0.1, -0.05) is 11.6 Å². The van der Waals surface area contributed by atoms with Crippen molar-refractivity contribution < 1.29 is 14.3 Å². The van der Waals surface area contributed by atoms with Crippen molar-refractivity contribution in [2.45, 2.75) is 19.9 Å². The monoisotopic (exact) mass is 231 g/mol. The highest BCUT2D eigenvalue weighted by molar-refractivity contribution is 6.32. The van der Waals surface area contributed by atoms with Crippen LogP contribution in [0, 0.1) is 12.7 Å². The van der Waals surface area contributed by atoms with Crippen molar-refractivity contribution in [1.29, 1.82) is 0 Å². The van der Waals surface area contributed by atoms with Gasteiger partial charge < -0.3 is 10.8 Å². The fourth-order valence-electron chi connectivity index (χ4n) is 1.23. The van der Waals surface area contributed by atoms with Crippen LogP contribution in [-0.2, 0) is 0 Å². The Bertz CT molecular complexity index is 392. The molecule has 1 unspecified atom stereocenters. The van der Waals surface area contributed by atoms with Gasteiger partial charge in [0.15, 0.2) is 17.3 Å². The van der Waals surface area contributed by atoms with Gasteiger partial charge >= 0.3 is 0 Å². The molecule has 0 aliphatic rings. The van der Waals surface area contributed by atoms with E-state index in [0.717, 1.165) is 6.07 Å². The zero-order chi connectivity index (χ0) is 11.7. The lowest BCUT2D eigenvalue weighted by Gasteiger charge is -2.11. The molecule has 3 N–H and O–H groups in total. The Balaban J connectivity index is 3.46. The van der Waals surface area contributed by atoms with Gasteiger partial charge in [-0.2, -0.15) is 0 Å². The summed E-state index contributed by atoms with van der Waals surface area (Å²) >= 11 is 5.70. The van der Waals surface area contributed by atoms with Gasteiger partial charge in [0.05, 0.1) is 11.6 Å². The van der Waals surface area contributed by atoms with Crippen LogP contribution in [0.5, 0.6) is 5.75 Å². The summed E-state index contributed by atoms with van der Waals surface area (Å²) in [4.78, 5) is 11.6. The number of hydrogen-bond acceptors (Lipinski definition) is 3. The molecule has 0 bridgehead atoms. The average molecular weight is 232 g/mol. The number of benzene rings is 1. The molecule has 82 valence electrons. The smallest absolute Gasteiger partial charge is 0.183 e. The molecule has 5 heteroatoms. The number of carbonyl (C=O) groups excluding carboxylic acids is 1. The number of nitrogens with two attached hydrogens (primary N) is 1. The first-order chi connectivity index (χ1) is 6.86. The van der Waals surface area contributed by atoms with E-state index in [1.807, 2.05) is 0 Å². The summed E-state index contributed by atoms with van der Waals surface area (Å²) in [6, 6.07) is 0.150. The molecule has 1 rings (SSSR count). The van der Waals surface area contributed by atoms with E-state index in [1.54, 1.807) is 0 Å². The van der Waals surface area contributed by atoms with Crippen molar-refractivity contribution in [1.82, 2.24) is 0 Å². The first-order valence-electron chi connectivity index (χ1n) is 4.33. The van der Waals surface area contributed by atoms with Crippen LogP contribution in [-0.4, -0.2) is 16.9 Å². The molecule has 0 aliphatic carbocycles. The highest BCUT2D eigenvalue weighted by atomic mass is 35.5.